The number of esters is 1. The minimum absolute atomic E-state index is 0.130. The van der Waals surface area contributed by atoms with Crippen molar-refractivity contribution in [1.29, 1.82) is 0 Å². The molecule has 2 nitrogen and oxygen atoms in total. The first-order valence-corrected chi connectivity index (χ1v) is 6.24. The highest BCUT2D eigenvalue weighted by atomic mass is 35.5. The Morgan fingerprint density at radius 3 is 2.86 bits per heavy atom. The number of halogens is 1. The average Bonchev–Trinajstić information content (AvgIpc) is 2.59. The molecule has 0 aromatic carbocycles. The molecule has 0 fully saturated rings. The van der Waals surface area contributed by atoms with Gasteiger partial charge in [-0.05, 0) is 18.6 Å². The number of carbonyl (C=O) groups is 1. The Kier molecular flexibility index (Phi) is 4.78. The zero-order chi connectivity index (χ0) is 10.6. The number of hydrogen-bond acceptors (Lipinski definition) is 4. The largest absolute Gasteiger partial charge is 0.468 e. The van der Waals surface area contributed by atoms with Gasteiger partial charge in [0.1, 0.15) is 5.25 Å². The molecule has 1 heterocycles. The molecule has 1 rings (SSSR count). The molecule has 0 bridgehead atoms. The van der Waals surface area contributed by atoms with E-state index in [0.29, 0.717) is 0 Å². The van der Waals surface area contributed by atoms with E-state index in [2.05, 4.69) is 0 Å². The van der Waals surface area contributed by atoms with Gasteiger partial charge >= 0.3 is 5.97 Å². The van der Waals surface area contributed by atoms with Gasteiger partial charge in [0.25, 0.3) is 0 Å². The summed E-state index contributed by atoms with van der Waals surface area (Å²) in [6, 6.07) is 3.75. The van der Waals surface area contributed by atoms with E-state index >= 15 is 0 Å². The third-order valence-corrected chi connectivity index (χ3v) is 4.38. The first kappa shape index (κ1) is 11.9. The van der Waals surface area contributed by atoms with Crippen molar-refractivity contribution in [2.75, 3.05) is 7.11 Å². The second-order valence-electron chi connectivity index (χ2n) is 2.60. The molecule has 0 aliphatic heterocycles. The summed E-state index contributed by atoms with van der Waals surface area (Å²) in [4.78, 5) is 11.3. The van der Waals surface area contributed by atoms with Crippen LogP contribution in [-0.4, -0.2) is 18.3 Å². The van der Waals surface area contributed by atoms with Crippen molar-refractivity contribution in [1.82, 2.24) is 0 Å². The lowest BCUT2D eigenvalue weighted by Crippen LogP contribution is -2.17. The van der Waals surface area contributed by atoms with Crippen LogP contribution in [0.1, 0.15) is 13.3 Å². The van der Waals surface area contributed by atoms with Crippen LogP contribution in [0.2, 0.25) is 4.34 Å². The third-order valence-electron chi connectivity index (χ3n) is 1.64. The molecule has 0 aliphatic rings. The van der Waals surface area contributed by atoms with Gasteiger partial charge in [-0.15, -0.1) is 23.1 Å². The quantitative estimate of drug-likeness (QED) is 0.605. The lowest BCUT2D eigenvalue weighted by Gasteiger charge is -2.09. The maximum absolute atomic E-state index is 11.3. The number of thioether (sulfide) groups is 1. The summed E-state index contributed by atoms with van der Waals surface area (Å²) in [6.07, 6.45) is 0.757. The topological polar surface area (TPSA) is 26.3 Å². The van der Waals surface area contributed by atoms with Gasteiger partial charge in [-0.2, -0.15) is 0 Å². The zero-order valence-corrected chi connectivity index (χ0v) is 10.3. The number of methoxy groups -OCH3 is 1. The van der Waals surface area contributed by atoms with Gasteiger partial charge in [0.15, 0.2) is 0 Å². The fourth-order valence-corrected chi connectivity index (χ4v) is 3.44. The molecule has 0 aliphatic carbocycles. The van der Waals surface area contributed by atoms with Gasteiger partial charge < -0.3 is 4.74 Å². The van der Waals surface area contributed by atoms with E-state index in [1.807, 2.05) is 19.1 Å². The standard InChI is InChI=1S/C9H11ClO2S2/c1-3-6(9(11)12-2)13-8-5-4-7(10)14-8/h4-6H,3H2,1-2H3. The zero-order valence-electron chi connectivity index (χ0n) is 7.95. The maximum Gasteiger partial charge on any atom is 0.319 e. The predicted octanol–water partition coefficient (Wildman–Crippen LogP) is 3.45. The molecule has 0 saturated heterocycles. The van der Waals surface area contributed by atoms with Crippen LogP contribution < -0.4 is 0 Å². The predicted molar refractivity (Wildman–Crippen MR) is 61.3 cm³/mol. The Labute approximate surface area is 96.6 Å². The molecule has 1 aromatic rings. The van der Waals surface area contributed by atoms with E-state index in [1.54, 1.807) is 0 Å². The molecule has 0 amide bonds. The van der Waals surface area contributed by atoms with Gasteiger partial charge in [0.2, 0.25) is 0 Å². The van der Waals surface area contributed by atoms with Crippen LogP contribution in [0.4, 0.5) is 0 Å². The molecule has 0 N–H and O–H groups in total. The lowest BCUT2D eigenvalue weighted by atomic mass is 10.3. The molecule has 14 heavy (non-hydrogen) atoms. The summed E-state index contributed by atoms with van der Waals surface area (Å²) in [6.45, 7) is 1.96. The third kappa shape index (κ3) is 3.19. The summed E-state index contributed by atoms with van der Waals surface area (Å²) in [7, 11) is 1.41. The highest BCUT2D eigenvalue weighted by Gasteiger charge is 2.18. The number of carbonyl (C=O) groups excluding carboxylic acids is 1. The SMILES string of the molecule is CCC(Sc1ccc(Cl)s1)C(=O)OC. The highest BCUT2D eigenvalue weighted by molar-refractivity contribution is 8.02. The van der Waals surface area contributed by atoms with Gasteiger partial charge in [-0.1, -0.05) is 18.5 Å². The van der Waals surface area contributed by atoms with E-state index in [1.165, 1.54) is 30.2 Å². The highest BCUT2D eigenvalue weighted by Crippen LogP contribution is 2.34. The Balaban J connectivity index is 2.61. The summed E-state index contributed by atoms with van der Waals surface area (Å²) in [5.41, 5.74) is 0. The Morgan fingerprint density at radius 1 is 1.71 bits per heavy atom. The normalized spacial score (nSPS) is 12.5. The molecule has 1 aromatic heterocycles. The van der Waals surface area contributed by atoms with Crippen molar-refractivity contribution in [3.05, 3.63) is 16.5 Å². The Morgan fingerprint density at radius 2 is 2.43 bits per heavy atom. The van der Waals surface area contributed by atoms with Crippen molar-refractivity contribution < 1.29 is 9.53 Å². The molecular formula is C9H11ClO2S2. The smallest absolute Gasteiger partial charge is 0.319 e. The van der Waals surface area contributed by atoms with Crippen molar-refractivity contribution in [2.24, 2.45) is 0 Å². The van der Waals surface area contributed by atoms with Crippen LogP contribution in [0.25, 0.3) is 0 Å². The number of rotatable bonds is 4. The second kappa shape index (κ2) is 5.63. The van der Waals surface area contributed by atoms with E-state index in [4.69, 9.17) is 16.3 Å². The number of hydrogen-bond donors (Lipinski definition) is 0. The molecule has 1 unspecified atom stereocenters. The number of thiophene rings is 1. The molecule has 0 saturated carbocycles. The van der Waals surface area contributed by atoms with Crippen LogP contribution in [0, 0.1) is 0 Å². The van der Waals surface area contributed by atoms with Gasteiger partial charge in [-0.25, -0.2) is 0 Å². The summed E-state index contributed by atoms with van der Waals surface area (Å²) in [5.74, 6) is -0.179. The summed E-state index contributed by atoms with van der Waals surface area (Å²) in [5, 5.41) is -0.130. The van der Waals surface area contributed by atoms with Crippen LogP contribution in [0.15, 0.2) is 16.3 Å². The van der Waals surface area contributed by atoms with E-state index in [0.717, 1.165) is 15.0 Å². The van der Waals surface area contributed by atoms with Crippen molar-refractivity contribution in [2.45, 2.75) is 22.8 Å². The lowest BCUT2D eigenvalue weighted by molar-refractivity contribution is -0.140. The van der Waals surface area contributed by atoms with E-state index in [-0.39, 0.29) is 11.2 Å². The van der Waals surface area contributed by atoms with Crippen molar-refractivity contribution in [3.63, 3.8) is 0 Å². The monoisotopic (exact) mass is 250 g/mol. The Bertz CT molecular complexity index is 312. The Hall–Kier alpha value is -0.190. The second-order valence-corrected chi connectivity index (χ2v) is 5.81. The van der Waals surface area contributed by atoms with Gasteiger partial charge in [0, 0.05) is 0 Å². The first-order valence-electron chi connectivity index (χ1n) is 4.17. The molecule has 1 atom stereocenters. The molecule has 0 spiro atoms. The summed E-state index contributed by atoms with van der Waals surface area (Å²) < 4.78 is 6.49. The van der Waals surface area contributed by atoms with Crippen molar-refractivity contribution in [3.8, 4) is 0 Å². The van der Waals surface area contributed by atoms with Gasteiger partial charge in [0.05, 0.1) is 15.7 Å². The average molecular weight is 251 g/mol. The van der Waals surface area contributed by atoms with E-state index < -0.39 is 0 Å². The fraction of sp³-hybridized carbons (Fsp3) is 0.444. The molecule has 5 heteroatoms. The summed E-state index contributed by atoms with van der Waals surface area (Å²) >= 11 is 8.77. The first-order chi connectivity index (χ1) is 6.67. The van der Waals surface area contributed by atoms with E-state index in [9.17, 15) is 4.79 Å². The minimum Gasteiger partial charge on any atom is -0.468 e. The van der Waals surface area contributed by atoms with Crippen LogP contribution in [0.3, 0.4) is 0 Å². The van der Waals surface area contributed by atoms with Crippen LogP contribution >= 0.6 is 34.7 Å². The van der Waals surface area contributed by atoms with Crippen molar-refractivity contribution >= 4 is 40.7 Å². The molecule has 78 valence electrons. The van der Waals surface area contributed by atoms with Crippen LogP contribution in [-0.2, 0) is 9.53 Å². The maximum atomic E-state index is 11.3. The van der Waals surface area contributed by atoms with Crippen LogP contribution in [0.5, 0.6) is 0 Å². The minimum atomic E-state index is -0.179. The van der Waals surface area contributed by atoms with Gasteiger partial charge in [-0.3, -0.25) is 4.79 Å². The number of ether oxygens (including phenoxy) is 1. The molecular weight excluding hydrogens is 240 g/mol. The molecule has 0 radical (unpaired) electrons. The fourth-order valence-electron chi connectivity index (χ4n) is 0.931.